The molecule has 4 N–H and O–H groups in total. The highest BCUT2D eigenvalue weighted by atomic mass is 16.5. The van der Waals surface area contributed by atoms with Crippen molar-refractivity contribution in [1.82, 2.24) is 15.5 Å². The molecule has 32 heavy (non-hydrogen) atoms. The Kier molecular flexibility index (Phi) is 8.39. The number of carbonyl (C=O) groups excluding carboxylic acids is 1. The van der Waals surface area contributed by atoms with E-state index in [1.165, 1.54) is 0 Å². The molecule has 3 rings (SSSR count). The number of amides is 1. The Morgan fingerprint density at radius 1 is 1.16 bits per heavy atom. The second kappa shape index (κ2) is 11.4. The molecule has 7 heteroatoms. The molecule has 0 aromatic heterocycles. The number of hydrogen-bond acceptors (Lipinski definition) is 5. The van der Waals surface area contributed by atoms with Gasteiger partial charge in [0.25, 0.3) is 0 Å². The maximum Gasteiger partial charge on any atom is 0.237 e. The molecular weight excluding hydrogens is 402 g/mol. The lowest BCUT2D eigenvalue weighted by atomic mass is 10.1. The van der Waals surface area contributed by atoms with Crippen LogP contribution in [0.15, 0.2) is 54.6 Å². The number of nitrogens with one attached hydrogen (secondary N) is 4. The molecule has 2 atom stereocenters. The molecule has 1 saturated heterocycles. The summed E-state index contributed by atoms with van der Waals surface area (Å²) < 4.78 is 5.24. The van der Waals surface area contributed by atoms with Crippen LogP contribution in [-0.2, 0) is 17.8 Å². The van der Waals surface area contributed by atoms with Crippen LogP contribution in [0, 0.1) is 10.8 Å². The van der Waals surface area contributed by atoms with Gasteiger partial charge in [0.2, 0.25) is 5.91 Å². The number of aryl methyl sites for hydroxylation is 1. The molecule has 7 nitrogen and oxygen atoms in total. The Hall–Kier alpha value is -3.19. The second-order valence-electron chi connectivity index (χ2n) is 8.13. The predicted octanol–water partition coefficient (Wildman–Crippen LogP) is 3.34. The highest BCUT2D eigenvalue weighted by Crippen LogP contribution is 2.16. The van der Waals surface area contributed by atoms with Crippen LogP contribution in [0.25, 0.3) is 0 Å². The van der Waals surface area contributed by atoms with E-state index in [0.29, 0.717) is 18.8 Å². The maximum absolute atomic E-state index is 12.5. The molecule has 1 aliphatic rings. The Morgan fingerprint density at radius 2 is 1.88 bits per heavy atom. The lowest BCUT2D eigenvalue weighted by Crippen LogP contribution is -2.52. The van der Waals surface area contributed by atoms with E-state index >= 15 is 0 Å². The monoisotopic (exact) mass is 435 g/mol. The Bertz CT molecular complexity index is 908. The number of ether oxygens (including phenoxy) is 1. The number of carbonyl (C=O) groups is 1. The van der Waals surface area contributed by atoms with Crippen molar-refractivity contribution in [1.29, 1.82) is 10.8 Å². The Labute approximate surface area is 190 Å². The van der Waals surface area contributed by atoms with Crippen molar-refractivity contribution in [3.63, 3.8) is 0 Å². The summed E-state index contributed by atoms with van der Waals surface area (Å²) in [6, 6.07) is 17.0. The molecule has 0 spiro atoms. The van der Waals surface area contributed by atoms with Gasteiger partial charge in [-0.05, 0) is 56.0 Å². The van der Waals surface area contributed by atoms with E-state index in [-0.39, 0.29) is 17.8 Å². The van der Waals surface area contributed by atoms with E-state index in [9.17, 15) is 4.79 Å². The molecule has 1 aliphatic heterocycles. The van der Waals surface area contributed by atoms with Crippen LogP contribution in [0.2, 0.25) is 0 Å². The molecule has 1 fully saturated rings. The van der Waals surface area contributed by atoms with Crippen LogP contribution in [0.3, 0.4) is 0 Å². The molecule has 1 heterocycles. The summed E-state index contributed by atoms with van der Waals surface area (Å²) in [5.41, 5.74) is 2.12. The van der Waals surface area contributed by atoms with Crippen LogP contribution in [0.1, 0.15) is 37.3 Å². The van der Waals surface area contributed by atoms with Gasteiger partial charge in [-0.3, -0.25) is 15.6 Å². The number of hydrogen-bond donors (Lipinski definition) is 4. The fourth-order valence-corrected chi connectivity index (χ4v) is 3.81. The predicted molar refractivity (Wildman–Crippen MR) is 127 cm³/mol. The van der Waals surface area contributed by atoms with Gasteiger partial charge in [-0.1, -0.05) is 42.5 Å². The van der Waals surface area contributed by atoms with Crippen LogP contribution in [0.4, 0.5) is 0 Å². The number of nitrogens with zero attached hydrogens (tertiary/aromatic N) is 1. The van der Waals surface area contributed by atoms with Gasteiger partial charge < -0.3 is 20.3 Å². The van der Waals surface area contributed by atoms with Crippen molar-refractivity contribution >= 4 is 17.6 Å². The first-order chi connectivity index (χ1) is 15.5. The fourth-order valence-electron chi connectivity index (χ4n) is 3.81. The zero-order valence-electron chi connectivity index (χ0n) is 18.9. The van der Waals surface area contributed by atoms with Crippen molar-refractivity contribution in [3.05, 3.63) is 65.7 Å². The number of rotatable bonds is 9. The SMILES string of the molecule is COc1ccc(CN(C(=N)CCc2ccccc2)C(=N)[C@@H](C)NC(=O)C2CCCN2)cc1. The van der Waals surface area contributed by atoms with E-state index in [2.05, 4.69) is 10.6 Å². The van der Waals surface area contributed by atoms with E-state index < -0.39 is 6.04 Å². The van der Waals surface area contributed by atoms with E-state index in [1.807, 2.05) is 54.6 Å². The summed E-state index contributed by atoms with van der Waals surface area (Å²) in [6.45, 7) is 3.04. The summed E-state index contributed by atoms with van der Waals surface area (Å²) in [6.07, 6.45) is 3.03. The second-order valence-corrected chi connectivity index (χ2v) is 8.13. The summed E-state index contributed by atoms with van der Waals surface area (Å²) in [4.78, 5) is 14.2. The van der Waals surface area contributed by atoms with Gasteiger partial charge in [0, 0.05) is 6.42 Å². The highest BCUT2D eigenvalue weighted by Gasteiger charge is 2.27. The molecule has 1 amide bonds. The molecule has 0 radical (unpaired) electrons. The molecule has 0 aliphatic carbocycles. The van der Waals surface area contributed by atoms with Crippen molar-refractivity contribution in [2.24, 2.45) is 0 Å². The average Bonchev–Trinajstić information content (AvgIpc) is 3.37. The molecule has 1 unspecified atom stereocenters. The molecule has 0 bridgehead atoms. The third-order valence-corrected chi connectivity index (χ3v) is 5.76. The van der Waals surface area contributed by atoms with Crippen molar-refractivity contribution in [3.8, 4) is 5.75 Å². The standard InChI is InChI=1S/C25H33N5O2/c1-18(29-25(31)22-9-6-16-28-22)24(27)30(17-20-10-13-21(32-2)14-11-20)23(26)15-12-19-7-4-3-5-8-19/h3-5,7-8,10-11,13-14,18,22,26-28H,6,9,12,15-17H2,1-2H3,(H,29,31)/t18-,22?/m1/s1. The summed E-state index contributed by atoms with van der Waals surface area (Å²) in [5.74, 6) is 1.25. The van der Waals surface area contributed by atoms with E-state index in [0.717, 1.165) is 42.7 Å². The van der Waals surface area contributed by atoms with Crippen molar-refractivity contribution in [2.75, 3.05) is 13.7 Å². The Balaban J connectivity index is 1.70. The van der Waals surface area contributed by atoms with Gasteiger partial charge in [-0.15, -0.1) is 0 Å². The number of amidine groups is 2. The third-order valence-electron chi connectivity index (χ3n) is 5.76. The topological polar surface area (TPSA) is 101 Å². The van der Waals surface area contributed by atoms with Gasteiger partial charge >= 0.3 is 0 Å². The minimum atomic E-state index is -0.500. The summed E-state index contributed by atoms with van der Waals surface area (Å²) >= 11 is 0. The van der Waals surface area contributed by atoms with Gasteiger partial charge in [0.1, 0.15) is 17.4 Å². The van der Waals surface area contributed by atoms with Crippen molar-refractivity contribution in [2.45, 2.75) is 51.2 Å². The maximum atomic E-state index is 12.5. The fraction of sp³-hybridized carbons (Fsp3) is 0.400. The first kappa shape index (κ1) is 23.5. The minimum absolute atomic E-state index is 0.0834. The van der Waals surface area contributed by atoms with Gasteiger partial charge in [0.05, 0.1) is 25.7 Å². The summed E-state index contributed by atoms with van der Waals surface area (Å²) in [5, 5.41) is 23.7. The van der Waals surface area contributed by atoms with Crippen LogP contribution in [-0.4, -0.2) is 48.2 Å². The highest BCUT2D eigenvalue weighted by molar-refractivity contribution is 6.01. The lowest BCUT2D eigenvalue weighted by Gasteiger charge is -2.30. The molecule has 0 saturated carbocycles. The molecule has 2 aromatic rings. The van der Waals surface area contributed by atoms with E-state index in [4.69, 9.17) is 15.6 Å². The minimum Gasteiger partial charge on any atom is -0.497 e. The average molecular weight is 436 g/mol. The lowest BCUT2D eigenvalue weighted by molar-refractivity contribution is -0.123. The molecule has 2 aromatic carbocycles. The zero-order chi connectivity index (χ0) is 22.9. The van der Waals surface area contributed by atoms with Crippen molar-refractivity contribution < 1.29 is 9.53 Å². The normalized spacial score (nSPS) is 16.2. The number of methoxy groups -OCH3 is 1. The van der Waals surface area contributed by atoms with Gasteiger partial charge in [0.15, 0.2) is 0 Å². The molecule has 170 valence electrons. The van der Waals surface area contributed by atoms with Gasteiger partial charge in [-0.2, -0.15) is 0 Å². The van der Waals surface area contributed by atoms with Gasteiger partial charge in [-0.25, -0.2) is 0 Å². The zero-order valence-corrected chi connectivity index (χ0v) is 18.9. The quantitative estimate of drug-likeness (QED) is 0.358. The number of benzene rings is 2. The van der Waals surface area contributed by atoms with Crippen LogP contribution >= 0.6 is 0 Å². The molecular formula is C25H33N5O2. The first-order valence-corrected chi connectivity index (χ1v) is 11.1. The van der Waals surface area contributed by atoms with Crippen LogP contribution in [0.5, 0.6) is 5.75 Å². The van der Waals surface area contributed by atoms with E-state index in [1.54, 1.807) is 18.9 Å². The first-order valence-electron chi connectivity index (χ1n) is 11.1. The largest absolute Gasteiger partial charge is 0.497 e. The third kappa shape index (κ3) is 6.40. The summed E-state index contributed by atoms with van der Waals surface area (Å²) in [7, 11) is 1.62. The Morgan fingerprint density at radius 3 is 2.50 bits per heavy atom. The van der Waals surface area contributed by atoms with Crippen LogP contribution < -0.4 is 15.4 Å². The smallest absolute Gasteiger partial charge is 0.237 e.